The fourth-order valence-electron chi connectivity index (χ4n) is 7.18. The first kappa shape index (κ1) is 26.2. The van der Waals surface area contributed by atoms with Crippen LogP contribution in [-0.2, 0) is 4.74 Å². The highest BCUT2D eigenvalue weighted by atomic mass is 16.5. The van der Waals surface area contributed by atoms with Crippen LogP contribution < -0.4 is 5.73 Å². The zero-order valence-corrected chi connectivity index (χ0v) is 22.5. The van der Waals surface area contributed by atoms with Crippen molar-refractivity contribution in [3.63, 3.8) is 0 Å². The number of nitrogens with two attached hydrogens (primary N) is 1. The smallest absolute Gasteiger partial charge is 0.167 e. The van der Waals surface area contributed by atoms with Gasteiger partial charge < -0.3 is 36.0 Å². The highest BCUT2D eigenvalue weighted by molar-refractivity contribution is 6.07. The van der Waals surface area contributed by atoms with E-state index < -0.39 is 55.2 Å². The van der Waals surface area contributed by atoms with Gasteiger partial charge in [-0.25, -0.2) is 15.0 Å². The van der Waals surface area contributed by atoms with E-state index >= 15 is 0 Å². The number of aliphatic hydroxyl groups excluding tert-OH is 5. The topological polar surface area (TPSA) is 180 Å². The Hall–Kier alpha value is -3.71. The summed E-state index contributed by atoms with van der Waals surface area (Å²) in [6.07, 6.45) is -4.73. The number of hydrogen-bond donors (Lipinski definition) is 6. The van der Waals surface area contributed by atoms with Crippen molar-refractivity contribution in [2.24, 2.45) is 5.92 Å². The van der Waals surface area contributed by atoms with E-state index in [2.05, 4.69) is 21.0 Å². The van der Waals surface area contributed by atoms with Gasteiger partial charge in [-0.1, -0.05) is 36.4 Å². The van der Waals surface area contributed by atoms with Crippen LogP contribution in [0, 0.1) is 19.8 Å². The average Bonchev–Trinajstić information content (AvgIpc) is 3.56. The predicted molar refractivity (Wildman–Crippen MR) is 151 cm³/mol. The van der Waals surface area contributed by atoms with Crippen molar-refractivity contribution >= 4 is 38.5 Å². The van der Waals surface area contributed by atoms with Crippen molar-refractivity contribution in [3.8, 4) is 0 Å². The molecule has 212 valence electrons. The number of nitrogens with zero attached hydrogens (tertiary/aromatic N) is 4. The molecule has 1 aliphatic heterocycles. The Labute approximate surface area is 234 Å². The Morgan fingerprint density at radius 1 is 0.878 bits per heavy atom. The SMILES string of the molecule is Cc1c2ccccc2c(C)c2c3c(ccc12)[C@H](O)[C@@H](O)[C@H](O)[C@H]3[C@@H]1[C@H](O)[C@@H](CO)O[C@H]1n1cnc2c(N)ncnc21. The lowest BCUT2D eigenvalue weighted by Gasteiger charge is -2.43. The third kappa shape index (κ3) is 3.57. The molecule has 2 aromatic heterocycles. The molecule has 0 amide bonds. The molecule has 3 heterocycles. The van der Waals surface area contributed by atoms with Crippen LogP contribution in [0.1, 0.15) is 40.5 Å². The van der Waals surface area contributed by atoms with Gasteiger partial charge in [0, 0.05) is 11.8 Å². The Balaban J connectivity index is 1.52. The summed E-state index contributed by atoms with van der Waals surface area (Å²) < 4.78 is 7.82. The molecule has 1 fully saturated rings. The van der Waals surface area contributed by atoms with Crippen molar-refractivity contribution in [2.45, 2.75) is 56.5 Å². The average molecular weight is 558 g/mol. The van der Waals surface area contributed by atoms with E-state index in [1.165, 1.54) is 12.7 Å². The first-order valence-electron chi connectivity index (χ1n) is 13.6. The van der Waals surface area contributed by atoms with Gasteiger partial charge in [-0.05, 0) is 57.6 Å². The summed E-state index contributed by atoms with van der Waals surface area (Å²) in [6, 6.07) is 11.8. The maximum atomic E-state index is 11.7. The summed E-state index contributed by atoms with van der Waals surface area (Å²) in [4.78, 5) is 12.7. The Bertz CT molecular complexity index is 1820. The van der Waals surface area contributed by atoms with Crippen molar-refractivity contribution < 1.29 is 30.3 Å². The molecule has 1 saturated heterocycles. The van der Waals surface area contributed by atoms with Crippen molar-refractivity contribution in [1.82, 2.24) is 19.5 Å². The second-order valence-electron chi connectivity index (χ2n) is 11.1. The fraction of sp³-hybridized carbons (Fsp3) is 0.367. The van der Waals surface area contributed by atoms with E-state index in [4.69, 9.17) is 10.5 Å². The summed E-state index contributed by atoms with van der Waals surface area (Å²) in [5, 5.41) is 59.7. The number of aromatic nitrogens is 4. The summed E-state index contributed by atoms with van der Waals surface area (Å²) >= 11 is 0. The van der Waals surface area contributed by atoms with E-state index in [0.717, 1.165) is 32.7 Å². The first-order chi connectivity index (χ1) is 19.7. The molecule has 8 atom stereocenters. The molecular weight excluding hydrogens is 526 g/mol. The lowest BCUT2D eigenvalue weighted by molar-refractivity contribution is -0.101. The Morgan fingerprint density at radius 2 is 1.61 bits per heavy atom. The molecular formula is C30H31N5O6. The number of fused-ring (bicyclic) bond motifs is 5. The van der Waals surface area contributed by atoms with Crippen LogP contribution in [-0.4, -0.2) is 76.1 Å². The second kappa shape index (κ2) is 9.41. The molecule has 2 aliphatic rings. The van der Waals surface area contributed by atoms with Gasteiger partial charge in [-0.2, -0.15) is 0 Å². The minimum atomic E-state index is -1.52. The van der Waals surface area contributed by atoms with E-state index in [0.29, 0.717) is 22.3 Å². The number of hydrogen-bond acceptors (Lipinski definition) is 10. The molecule has 0 unspecified atom stereocenters. The van der Waals surface area contributed by atoms with Gasteiger partial charge >= 0.3 is 0 Å². The summed E-state index contributed by atoms with van der Waals surface area (Å²) in [5.41, 5.74) is 9.83. The minimum absolute atomic E-state index is 0.174. The van der Waals surface area contributed by atoms with E-state index in [1.807, 2.05) is 38.1 Å². The fourth-order valence-corrected chi connectivity index (χ4v) is 7.18. The van der Waals surface area contributed by atoms with Crippen molar-refractivity contribution in [2.75, 3.05) is 12.3 Å². The molecule has 7 N–H and O–H groups in total. The van der Waals surface area contributed by atoms with Gasteiger partial charge in [0.1, 0.15) is 36.4 Å². The summed E-state index contributed by atoms with van der Waals surface area (Å²) in [5.74, 6) is -1.61. The number of imidazole rings is 1. The van der Waals surface area contributed by atoms with Crippen LogP contribution in [0.15, 0.2) is 49.1 Å². The van der Waals surface area contributed by atoms with Crippen molar-refractivity contribution in [1.29, 1.82) is 0 Å². The molecule has 0 bridgehead atoms. The normalized spacial score (nSPS) is 29.9. The molecule has 0 saturated carbocycles. The molecule has 0 radical (unpaired) electrons. The molecule has 11 nitrogen and oxygen atoms in total. The predicted octanol–water partition coefficient (Wildman–Crippen LogP) is 1.75. The number of rotatable bonds is 3. The third-order valence-corrected chi connectivity index (χ3v) is 9.16. The molecule has 7 rings (SSSR count). The van der Waals surface area contributed by atoms with E-state index in [-0.39, 0.29) is 5.82 Å². The lowest BCUT2D eigenvalue weighted by Crippen LogP contribution is -2.48. The highest BCUT2D eigenvalue weighted by Gasteiger charge is 2.55. The maximum Gasteiger partial charge on any atom is 0.167 e. The standard InChI is InChI=1S/C30H31N5O6/c1-12-14-5-3-4-6-15(14)13(2)19-16(12)7-8-17-20(19)21(26(39)27(40)24(17)37)22-25(38)18(9-36)41-30(22)35-11-34-23-28(31)32-10-33-29(23)35/h3-8,10-11,18,21-22,24-27,30,36-40H,9H2,1-2H3,(H2,31,32,33)/t18-,21-,22-,24+,25-,26-,27-,30-/m1/s1. The Kier molecular flexibility index (Phi) is 6.02. The third-order valence-electron chi connectivity index (χ3n) is 9.16. The van der Waals surface area contributed by atoms with Gasteiger partial charge in [0.05, 0.1) is 25.1 Å². The van der Waals surface area contributed by atoms with Crippen LogP contribution in [0.2, 0.25) is 0 Å². The zero-order valence-electron chi connectivity index (χ0n) is 22.5. The quantitative estimate of drug-likeness (QED) is 0.179. The second-order valence-corrected chi connectivity index (χ2v) is 11.1. The molecule has 41 heavy (non-hydrogen) atoms. The van der Waals surface area contributed by atoms with Crippen LogP contribution in [0.4, 0.5) is 5.82 Å². The molecule has 1 aliphatic carbocycles. The number of aliphatic hydroxyl groups is 5. The van der Waals surface area contributed by atoms with E-state index in [1.54, 1.807) is 10.6 Å². The molecule has 0 spiro atoms. The largest absolute Gasteiger partial charge is 0.394 e. The van der Waals surface area contributed by atoms with Crippen molar-refractivity contribution in [3.05, 3.63) is 71.3 Å². The van der Waals surface area contributed by atoms with Gasteiger partial charge in [-0.3, -0.25) is 4.57 Å². The molecule has 11 heteroatoms. The number of anilines is 1. The maximum absolute atomic E-state index is 11.7. The van der Waals surface area contributed by atoms with Gasteiger partial charge in [0.25, 0.3) is 0 Å². The Morgan fingerprint density at radius 3 is 2.34 bits per heavy atom. The van der Waals surface area contributed by atoms with Gasteiger partial charge in [-0.15, -0.1) is 0 Å². The molecule has 5 aromatic rings. The summed E-state index contributed by atoms with van der Waals surface area (Å²) in [6.45, 7) is 3.57. The monoisotopic (exact) mass is 557 g/mol. The number of ether oxygens (including phenoxy) is 1. The first-order valence-corrected chi connectivity index (χ1v) is 13.6. The number of nitrogen functional groups attached to an aromatic ring is 1. The van der Waals surface area contributed by atoms with Gasteiger partial charge in [0.15, 0.2) is 11.5 Å². The van der Waals surface area contributed by atoms with Crippen LogP contribution >= 0.6 is 0 Å². The minimum Gasteiger partial charge on any atom is -0.394 e. The summed E-state index contributed by atoms with van der Waals surface area (Å²) in [7, 11) is 0. The lowest BCUT2D eigenvalue weighted by atomic mass is 9.67. The van der Waals surface area contributed by atoms with Crippen LogP contribution in [0.5, 0.6) is 0 Å². The van der Waals surface area contributed by atoms with E-state index in [9.17, 15) is 25.5 Å². The van der Waals surface area contributed by atoms with Crippen LogP contribution in [0.25, 0.3) is 32.7 Å². The molecule has 3 aromatic carbocycles. The van der Waals surface area contributed by atoms with Crippen LogP contribution in [0.3, 0.4) is 0 Å². The van der Waals surface area contributed by atoms with Gasteiger partial charge in [0.2, 0.25) is 0 Å². The highest BCUT2D eigenvalue weighted by Crippen LogP contribution is 2.53. The number of aryl methyl sites for hydroxylation is 2. The zero-order chi connectivity index (χ0) is 28.7. The number of benzene rings is 3.